The number of aromatic nitrogens is 3. The topological polar surface area (TPSA) is 37.2 Å². The molecule has 0 spiro atoms. The van der Waals surface area contributed by atoms with Gasteiger partial charge in [0.25, 0.3) is 0 Å². The minimum atomic E-state index is 0. The van der Waals surface area contributed by atoms with Gasteiger partial charge in [-0.05, 0) is 12.6 Å². The molecule has 5 nitrogen and oxygen atoms in total. The van der Waals surface area contributed by atoms with E-state index in [-0.39, 0.29) is 12.4 Å². The number of hydrogen-bond acceptors (Lipinski definition) is 4. The lowest BCUT2D eigenvalue weighted by Crippen LogP contribution is -2.44. The van der Waals surface area contributed by atoms with Crippen molar-refractivity contribution in [2.75, 3.05) is 20.1 Å². The Bertz CT molecular complexity index is 895. The van der Waals surface area contributed by atoms with Crippen LogP contribution in [0.5, 0.6) is 0 Å². The van der Waals surface area contributed by atoms with Crippen molar-refractivity contribution in [1.29, 1.82) is 0 Å². The molecular formula is C21H24ClN5. The summed E-state index contributed by atoms with van der Waals surface area (Å²) in [5, 5.41) is 9.10. The van der Waals surface area contributed by atoms with Crippen LogP contribution < -0.4 is 0 Å². The fourth-order valence-electron chi connectivity index (χ4n) is 4.39. The maximum absolute atomic E-state index is 4.57. The summed E-state index contributed by atoms with van der Waals surface area (Å²) < 4.78 is 2.19. The van der Waals surface area contributed by atoms with Gasteiger partial charge >= 0.3 is 0 Å². The molecule has 2 aliphatic rings. The molecule has 2 aliphatic heterocycles. The highest BCUT2D eigenvalue weighted by Gasteiger charge is 2.42. The third kappa shape index (κ3) is 3.27. The number of nitrogens with zero attached hydrogens (tertiary/aromatic N) is 5. The maximum Gasteiger partial charge on any atom is 0.117 e. The Balaban J connectivity index is 0.00000180. The molecule has 140 valence electrons. The Hall–Kier alpha value is -2.21. The van der Waals surface area contributed by atoms with Gasteiger partial charge in [-0.1, -0.05) is 65.9 Å². The lowest BCUT2D eigenvalue weighted by molar-refractivity contribution is 0.155. The van der Waals surface area contributed by atoms with Crippen LogP contribution in [0.1, 0.15) is 17.3 Å². The fraction of sp³-hybridized carbons (Fsp3) is 0.333. The summed E-state index contributed by atoms with van der Waals surface area (Å²) in [5.74, 6) is 0. The number of benzene rings is 2. The second-order valence-corrected chi connectivity index (χ2v) is 7.42. The van der Waals surface area contributed by atoms with Crippen LogP contribution >= 0.6 is 12.4 Å². The third-order valence-electron chi connectivity index (χ3n) is 5.70. The molecule has 2 aromatic carbocycles. The first kappa shape index (κ1) is 18.2. The van der Waals surface area contributed by atoms with Gasteiger partial charge in [0.15, 0.2) is 0 Å². The van der Waals surface area contributed by atoms with Gasteiger partial charge in [0.05, 0.1) is 11.7 Å². The summed E-state index contributed by atoms with van der Waals surface area (Å²) in [6.45, 7) is 4.00. The van der Waals surface area contributed by atoms with Crippen LogP contribution in [0.15, 0.2) is 60.7 Å². The second kappa shape index (κ2) is 7.43. The average molecular weight is 382 g/mol. The minimum Gasteiger partial charge on any atom is -0.295 e. The molecule has 27 heavy (non-hydrogen) atoms. The summed E-state index contributed by atoms with van der Waals surface area (Å²) in [4.78, 5) is 5.01. The Labute approximate surface area is 166 Å². The van der Waals surface area contributed by atoms with E-state index in [2.05, 4.69) is 86.4 Å². The number of fused-ring (bicyclic) bond motifs is 3. The molecule has 0 unspecified atom stereocenters. The molecule has 1 fully saturated rings. The molecule has 0 aliphatic carbocycles. The quantitative estimate of drug-likeness (QED) is 0.698. The predicted molar refractivity (Wildman–Crippen MR) is 109 cm³/mol. The summed E-state index contributed by atoms with van der Waals surface area (Å²) in [6, 6.07) is 22.0. The van der Waals surface area contributed by atoms with Crippen LogP contribution in [0.3, 0.4) is 0 Å². The summed E-state index contributed by atoms with van der Waals surface area (Å²) in [6.07, 6.45) is 0. The van der Waals surface area contributed by atoms with Gasteiger partial charge < -0.3 is 0 Å². The van der Waals surface area contributed by atoms with E-state index in [1.54, 1.807) is 0 Å². The van der Waals surface area contributed by atoms with Gasteiger partial charge in [-0.3, -0.25) is 9.80 Å². The molecular weight excluding hydrogens is 358 g/mol. The molecule has 1 aromatic heterocycles. The van der Waals surface area contributed by atoms with Crippen LogP contribution in [-0.2, 0) is 13.1 Å². The Kier molecular flexibility index (Phi) is 5.00. The highest BCUT2D eigenvalue weighted by molar-refractivity contribution is 5.85. The van der Waals surface area contributed by atoms with E-state index in [0.29, 0.717) is 12.1 Å². The van der Waals surface area contributed by atoms with Gasteiger partial charge in [0, 0.05) is 37.8 Å². The highest BCUT2D eigenvalue weighted by atomic mass is 35.5. The number of likely N-dealkylation sites (N-methyl/N-ethyl adjacent to an activating group) is 1. The minimum absolute atomic E-state index is 0. The summed E-state index contributed by atoms with van der Waals surface area (Å²) in [7, 11) is 2.23. The fourth-order valence-corrected chi connectivity index (χ4v) is 4.39. The largest absolute Gasteiger partial charge is 0.295 e. The first-order valence-corrected chi connectivity index (χ1v) is 9.25. The molecule has 3 aromatic rings. The molecule has 0 saturated carbocycles. The zero-order valence-electron chi connectivity index (χ0n) is 15.4. The van der Waals surface area contributed by atoms with E-state index in [1.165, 1.54) is 11.3 Å². The molecule has 0 bridgehead atoms. The first-order valence-electron chi connectivity index (χ1n) is 9.25. The number of likely N-dealkylation sites (tertiary alicyclic amines) is 1. The second-order valence-electron chi connectivity index (χ2n) is 7.42. The van der Waals surface area contributed by atoms with Crippen molar-refractivity contribution in [2.24, 2.45) is 0 Å². The van der Waals surface area contributed by atoms with Crippen LogP contribution in [0, 0.1) is 0 Å². The highest BCUT2D eigenvalue weighted by Crippen LogP contribution is 2.35. The van der Waals surface area contributed by atoms with Crippen LogP contribution in [0.4, 0.5) is 0 Å². The van der Waals surface area contributed by atoms with E-state index in [0.717, 1.165) is 37.4 Å². The van der Waals surface area contributed by atoms with Crippen molar-refractivity contribution in [3.63, 3.8) is 0 Å². The van der Waals surface area contributed by atoms with Gasteiger partial charge in [-0.2, -0.15) is 0 Å². The molecule has 3 heterocycles. The van der Waals surface area contributed by atoms with E-state index < -0.39 is 0 Å². The van der Waals surface area contributed by atoms with Crippen molar-refractivity contribution in [3.05, 3.63) is 71.9 Å². The molecule has 6 heteroatoms. The zero-order valence-corrected chi connectivity index (χ0v) is 16.2. The van der Waals surface area contributed by atoms with Crippen LogP contribution in [0.25, 0.3) is 11.3 Å². The van der Waals surface area contributed by atoms with Crippen molar-refractivity contribution in [3.8, 4) is 11.3 Å². The van der Waals surface area contributed by atoms with E-state index >= 15 is 0 Å². The van der Waals surface area contributed by atoms with Crippen molar-refractivity contribution in [2.45, 2.75) is 25.2 Å². The summed E-state index contributed by atoms with van der Waals surface area (Å²) >= 11 is 0. The number of rotatable bonds is 3. The Morgan fingerprint density at radius 1 is 0.926 bits per heavy atom. The molecule has 0 N–H and O–H groups in total. The van der Waals surface area contributed by atoms with Crippen molar-refractivity contribution < 1.29 is 0 Å². The molecule has 0 radical (unpaired) electrons. The maximum atomic E-state index is 4.57. The molecule has 1 saturated heterocycles. The van der Waals surface area contributed by atoms with Crippen LogP contribution in [-0.4, -0.2) is 51.0 Å². The lowest BCUT2D eigenvalue weighted by atomic mass is 10.0. The molecule has 5 rings (SSSR count). The number of hydrogen-bond donors (Lipinski definition) is 0. The molecule has 0 amide bonds. The van der Waals surface area contributed by atoms with Crippen molar-refractivity contribution >= 4 is 12.4 Å². The van der Waals surface area contributed by atoms with Gasteiger partial charge in [-0.15, -0.1) is 17.5 Å². The van der Waals surface area contributed by atoms with Gasteiger partial charge in [-0.25, -0.2) is 4.68 Å². The SMILES string of the molecule is CN1Cc2c(-c3ccccc3)nnn2[C@@H]2CN(Cc3ccccc3)C[C@H]21.Cl. The van der Waals surface area contributed by atoms with E-state index in [1.807, 2.05) is 6.07 Å². The summed E-state index contributed by atoms with van der Waals surface area (Å²) in [5.41, 5.74) is 4.79. The smallest absolute Gasteiger partial charge is 0.117 e. The molecule has 2 atom stereocenters. The van der Waals surface area contributed by atoms with E-state index in [4.69, 9.17) is 0 Å². The van der Waals surface area contributed by atoms with E-state index in [9.17, 15) is 0 Å². The normalized spacial score (nSPS) is 22.1. The first-order chi connectivity index (χ1) is 12.8. The van der Waals surface area contributed by atoms with Gasteiger partial charge in [0.1, 0.15) is 5.69 Å². The number of halogens is 1. The van der Waals surface area contributed by atoms with Gasteiger partial charge in [0.2, 0.25) is 0 Å². The lowest BCUT2D eigenvalue weighted by Gasteiger charge is -2.34. The Morgan fingerprint density at radius 3 is 2.33 bits per heavy atom. The predicted octanol–water partition coefficient (Wildman–Crippen LogP) is 3.24. The van der Waals surface area contributed by atoms with Crippen molar-refractivity contribution in [1.82, 2.24) is 24.8 Å². The standard InChI is InChI=1S/C21H23N5.ClH/c1-24-13-20-21(17-10-6-3-7-11-17)22-23-26(20)19-15-25(14-18(19)24)12-16-8-4-2-5-9-16;/h2-11,18-19H,12-15H2,1H3;1H/t18-,19-;/m1./s1. The third-order valence-corrected chi connectivity index (χ3v) is 5.70. The zero-order chi connectivity index (χ0) is 17.5. The average Bonchev–Trinajstić information content (AvgIpc) is 3.28. The van der Waals surface area contributed by atoms with Crippen LogP contribution in [0.2, 0.25) is 0 Å². The monoisotopic (exact) mass is 381 g/mol. The Morgan fingerprint density at radius 2 is 1.59 bits per heavy atom.